The quantitative estimate of drug-likeness (QED) is 0.742. The maximum atomic E-state index is 10.5. The Labute approximate surface area is 87.3 Å². The van der Waals surface area contributed by atoms with Gasteiger partial charge in [0.05, 0.1) is 19.0 Å². The van der Waals surface area contributed by atoms with Crippen LogP contribution in [-0.2, 0) is 4.74 Å². The van der Waals surface area contributed by atoms with Crippen LogP contribution in [0, 0.1) is 0 Å². The van der Waals surface area contributed by atoms with E-state index >= 15 is 0 Å². The zero-order valence-electron chi connectivity index (χ0n) is 8.60. The standard InChI is InChI=1S/C9H13N3O3/c1-6(5-15-2)12-8-4-10-7(3-11-8)9(13)14/h3-4,6H,5H2,1-2H3,(H,11,12)(H,13,14). The molecule has 0 aliphatic heterocycles. The van der Waals surface area contributed by atoms with Crippen molar-refractivity contribution >= 4 is 11.8 Å². The van der Waals surface area contributed by atoms with Gasteiger partial charge in [0, 0.05) is 13.2 Å². The highest BCUT2D eigenvalue weighted by molar-refractivity contribution is 5.84. The van der Waals surface area contributed by atoms with Crippen LogP contribution in [0.3, 0.4) is 0 Å². The van der Waals surface area contributed by atoms with Crippen molar-refractivity contribution in [2.24, 2.45) is 0 Å². The second kappa shape index (κ2) is 5.26. The lowest BCUT2D eigenvalue weighted by molar-refractivity contribution is 0.0690. The number of carboxylic acids is 1. The fourth-order valence-corrected chi connectivity index (χ4v) is 1.06. The van der Waals surface area contributed by atoms with E-state index in [2.05, 4.69) is 15.3 Å². The zero-order valence-corrected chi connectivity index (χ0v) is 8.60. The van der Waals surface area contributed by atoms with Crippen LogP contribution >= 0.6 is 0 Å². The first-order chi connectivity index (χ1) is 7.13. The summed E-state index contributed by atoms with van der Waals surface area (Å²) in [5.74, 6) is -0.552. The molecule has 1 atom stereocenters. The molecule has 0 bridgehead atoms. The van der Waals surface area contributed by atoms with Crippen LogP contribution in [0.2, 0.25) is 0 Å². The Balaban J connectivity index is 2.60. The van der Waals surface area contributed by atoms with Crippen LogP contribution in [-0.4, -0.2) is 40.8 Å². The van der Waals surface area contributed by atoms with Gasteiger partial charge < -0.3 is 15.2 Å². The van der Waals surface area contributed by atoms with Crippen LogP contribution in [0.1, 0.15) is 17.4 Å². The van der Waals surface area contributed by atoms with Gasteiger partial charge in [0.1, 0.15) is 5.82 Å². The summed E-state index contributed by atoms with van der Waals surface area (Å²) in [6.07, 6.45) is 2.60. The second-order valence-electron chi connectivity index (χ2n) is 3.09. The van der Waals surface area contributed by atoms with Gasteiger partial charge in [0.2, 0.25) is 0 Å². The molecule has 82 valence electrons. The van der Waals surface area contributed by atoms with E-state index in [1.165, 1.54) is 12.4 Å². The molecule has 0 saturated carbocycles. The Morgan fingerprint density at radius 2 is 2.33 bits per heavy atom. The molecule has 0 saturated heterocycles. The van der Waals surface area contributed by atoms with Crippen molar-refractivity contribution in [3.05, 3.63) is 18.1 Å². The summed E-state index contributed by atoms with van der Waals surface area (Å²) in [5, 5.41) is 11.6. The minimum Gasteiger partial charge on any atom is -0.476 e. The van der Waals surface area contributed by atoms with Crippen molar-refractivity contribution in [1.82, 2.24) is 9.97 Å². The third kappa shape index (κ3) is 3.51. The molecular weight excluding hydrogens is 198 g/mol. The second-order valence-corrected chi connectivity index (χ2v) is 3.09. The lowest BCUT2D eigenvalue weighted by Gasteiger charge is -2.12. The molecule has 0 aliphatic carbocycles. The Hall–Kier alpha value is -1.69. The molecule has 1 rings (SSSR count). The molecule has 6 heteroatoms. The van der Waals surface area contributed by atoms with Crippen LogP contribution < -0.4 is 5.32 Å². The van der Waals surface area contributed by atoms with Crippen molar-refractivity contribution in [3.8, 4) is 0 Å². The number of carboxylic acid groups (broad SMARTS) is 1. The van der Waals surface area contributed by atoms with Gasteiger partial charge >= 0.3 is 5.97 Å². The number of aromatic nitrogens is 2. The highest BCUT2D eigenvalue weighted by atomic mass is 16.5. The average Bonchev–Trinajstić information content (AvgIpc) is 2.18. The van der Waals surface area contributed by atoms with Crippen molar-refractivity contribution in [1.29, 1.82) is 0 Å². The maximum Gasteiger partial charge on any atom is 0.356 e. The maximum absolute atomic E-state index is 10.5. The smallest absolute Gasteiger partial charge is 0.356 e. The molecule has 2 N–H and O–H groups in total. The van der Waals surface area contributed by atoms with Gasteiger partial charge in [0.25, 0.3) is 0 Å². The van der Waals surface area contributed by atoms with Crippen LogP contribution in [0.5, 0.6) is 0 Å². The molecule has 1 aromatic rings. The van der Waals surface area contributed by atoms with Crippen molar-refractivity contribution in [2.45, 2.75) is 13.0 Å². The molecule has 1 heterocycles. The fourth-order valence-electron chi connectivity index (χ4n) is 1.06. The monoisotopic (exact) mass is 211 g/mol. The van der Waals surface area contributed by atoms with Gasteiger partial charge in [0.15, 0.2) is 5.69 Å². The van der Waals surface area contributed by atoms with E-state index in [0.29, 0.717) is 12.4 Å². The number of nitrogens with one attached hydrogen (secondary N) is 1. The summed E-state index contributed by atoms with van der Waals surface area (Å²) in [6, 6.07) is 0.0972. The topological polar surface area (TPSA) is 84.3 Å². The van der Waals surface area contributed by atoms with Crippen LogP contribution in [0.15, 0.2) is 12.4 Å². The third-order valence-corrected chi connectivity index (χ3v) is 1.68. The fraction of sp³-hybridized carbons (Fsp3) is 0.444. The molecule has 0 aliphatic rings. The van der Waals surface area contributed by atoms with Gasteiger partial charge in [-0.3, -0.25) is 0 Å². The van der Waals surface area contributed by atoms with E-state index in [0.717, 1.165) is 0 Å². The number of ether oxygens (including phenoxy) is 1. The van der Waals surface area contributed by atoms with Crippen molar-refractivity contribution in [3.63, 3.8) is 0 Å². The lowest BCUT2D eigenvalue weighted by Crippen LogP contribution is -2.21. The molecule has 1 aromatic heterocycles. The van der Waals surface area contributed by atoms with E-state index < -0.39 is 5.97 Å². The molecular formula is C9H13N3O3. The van der Waals surface area contributed by atoms with E-state index in [1.807, 2.05) is 6.92 Å². The Morgan fingerprint density at radius 1 is 1.60 bits per heavy atom. The average molecular weight is 211 g/mol. The van der Waals surface area contributed by atoms with E-state index in [9.17, 15) is 4.79 Å². The van der Waals surface area contributed by atoms with Gasteiger partial charge in [-0.2, -0.15) is 0 Å². The highest BCUT2D eigenvalue weighted by Gasteiger charge is 2.06. The summed E-state index contributed by atoms with van der Waals surface area (Å²) in [4.78, 5) is 18.1. The summed E-state index contributed by atoms with van der Waals surface area (Å²) in [5.41, 5.74) is -0.0695. The number of hydrogen-bond donors (Lipinski definition) is 2. The molecule has 0 fully saturated rings. The predicted molar refractivity (Wildman–Crippen MR) is 54.0 cm³/mol. The Morgan fingerprint density at radius 3 is 2.80 bits per heavy atom. The number of nitrogens with zero attached hydrogens (tertiary/aromatic N) is 2. The summed E-state index contributed by atoms with van der Waals surface area (Å²) in [6.45, 7) is 2.47. The number of methoxy groups -OCH3 is 1. The minimum absolute atomic E-state index is 0.0695. The molecule has 0 amide bonds. The summed E-state index contributed by atoms with van der Waals surface area (Å²) < 4.78 is 4.93. The van der Waals surface area contributed by atoms with Gasteiger partial charge in [-0.25, -0.2) is 14.8 Å². The number of aromatic carboxylic acids is 1. The van der Waals surface area contributed by atoms with Crippen LogP contribution in [0.4, 0.5) is 5.82 Å². The van der Waals surface area contributed by atoms with Gasteiger partial charge in [-0.15, -0.1) is 0 Å². The first-order valence-electron chi connectivity index (χ1n) is 4.44. The molecule has 1 unspecified atom stereocenters. The number of rotatable bonds is 5. The third-order valence-electron chi connectivity index (χ3n) is 1.68. The Bertz CT molecular complexity index is 326. The largest absolute Gasteiger partial charge is 0.476 e. The normalized spacial score (nSPS) is 12.1. The van der Waals surface area contributed by atoms with E-state index in [-0.39, 0.29) is 11.7 Å². The highest BCUT2D eigenvalue weighted by Crippen LogP contribution is 2.03. The first-order valence-corrected chi connectivity index (χ1v) is 4.44. The minimum atomic E-state index is -1.08. The van der Waals surface area contributed by atoms with Crippen LogP contribution in [0.25, 0.3) is 0 Å². The summed E-state index contributed by atoms with van der Waals surface area (Å²) in [7, 11) is 1.61. The predicted octanol–water partition coefficient (Wildman–Crippen LogP) is 0.622. The van der Waals surface area contributed by atoms with E-state index in [1.54, 1.807) is 7.11 Å². The molecule has 6 nitrogen and oxygen atoms in total. The summed E-state index contributed by atoms with van der Waals surface area (Å²) >= 11 is 0. The molecule has 0 spiro atoms. The number of anilines is 1. The van der Waals surface area contributed by atoms with Gasteiger partial charge in [-0.05, 0) is 6.92 Å². The molecule has 15 heavy (non-hydrogen) atoms. The van der Waals surface area contributed by atoms with Crippen molar-refractivity contribution < 1.29 is 14.6 Å². The van der Waals surface area contributed by atoms with E-state index in [4.69, 9.17) is 9.84 Å². The SMILES string of the molecule is COCC(C)Nc1cnc(C(=O)O)cn1. The molecule has 0 radical (unpaired) electrons. The van der Waals surface area contributed by atoms with Gasteiger partial charge in [-0.1, -0.05) is 0 Å². The zero-order chi connectivity index (χ0) is 11.3. The van der Waals surface area contributed by atoms with Crippen molar-refractivity contribution in [2.75, 3.05) is 19.0 Å². The first kappa shape index (κ1) is 11.4. The molecule has 0 aromatic carbocycles. The lowest BCUT2D eigenvalue weighted by atomic mass is 10.3. The Kier molecular flexibility index (Phi) is 3.99. The number of carbonyl (C=O) groups is 1. The number of hydrogen-bond acceptors (Lipinski definition) is 5.